The minimum absolute atomic E-state index is 0.0527. The molecule has 124 valence electrons. The van der Waals surface area contributed by atoms with Gasteiger partial charge in [0.1, 0.15) is 16.9 Å². The Hall–Kier alpha value is -2.87. The van der Waals surface area contributed by atoms with E-state index in [2.05, 4.69) is 10.1 Å². The monoisotopic (exact) mass is 347 g/mol. The Balaban J connectivity index is 2.04. The molecule has 0 radical (unpaired) electrons. The highest BCUT2D eigenvalue weighted by molar-refractivity contribution is 6.31. The highest BCUT2D eigenvalue weighted by atomic mass is 35.5. The number of rotatable bonds is 4. The van der Waals surface area contributed by atoms with Crippen molar-refractivity contribution >= 4 is 34.4 Å². The highest BCUT2D eigenvalue weighted by Gasteiger charge is 2.20. The summed E-state index contributed by atoms with van der Waals surface area (Å²) >= 11 is 5.88. The maximum Gasteiger partial charge on any atom is 0.343 e. The molecule has 8 nitrogen and oxygen atoms in total. The van der Waals surface area contributed by atoms with Gasteiger partial charge in [0.2, 0.25) is 17.5 Å². The molecule has 0 spiro atoms. The van der Waals surface area contributed by atoms with Crippen LogP contribution in [-0.2, 0) is 4.74 Å². The number of ether oxygens (including phenoxy) is 1. The van der Waals surface area contributed by atoms with Crippen molar-refractivity contribution in [3.05, 3.63) is 46.4 Å². The van der Waals surface area contributed by atoms with Gasteiger partial charge in [-0.05, 0) is 18.6 Å². The van der Waals surface area contributed by atoms with Crippen molar-refractivity contribution < 1.29 is 14.3 Å². The fourth-order valence-corrected chi connectivity index (χ4v) is 2.33. The zero-order valence-corrected chi connectivity index (χ0v) is 13.5. The van der Waals surface area contributed by atoms with Gasteiger partial charge in [-0.15, -0.1) is 0 Å². The van der Waals surface area contributed by atoms with Crippen molar-refractivity contribution in [1.29, 1.82) is 0 Å². The van der Waals surface area contributed by atoms with Crippen LogP contribution in [0.4, 0.5) is 5.82 Å². The Labute approximate surface area is 142 Å². The summed E-state index contributed by atoms with van der Waals surface area (Å²) in [5.41, 5.74) is 6.82. The quantitative estimate of drug-likeness (QED) is 0.438. The van der Waals surface area contributed by atoms with Gasteiger partial charge >= 0.3 is 5.97 Å². The molecular weight excluding hydrogens is 334 g/mol. The van der Waals surface area contributed by atoms with Gasteiger partial charge in [0.15, 0.2) is 0 Å². The van der Waals surface area contributed by atoms with E-state index >= 15 is 0 Å². The summed E-state index contributed by atoms with van der Waals surface area (Å²) in [6, 6.07) is 4.76. The van der Waals surface area contributed by atoms with Crippen molar-refractivity contribution in [2.75, 3.05) is 12.3 Å². The first-order valence-electron chi connectivity index (χ1n) is 7.21. The third kappa shape index (κ3) is 2.83. The Morgan fingerprint density at radius 1 is 1.50 bits per heavy atom. The number of esters is 1. The van der Waals surface area contributed by atoms with Crippen LogP contribution in [-0.4, -0.2) is 27.3 Å². The predicted octanol–water partition coefficient (Wildman–Crippen LogP) is 1.86. The number of anilines is 1. The number of benzene rings is 1. The summed E-state index contributed by atoms with van der Waals surface area (Å²) in [5.74, 6) is -0.327. The number of carbonyl (C=O) groups is 1. The van der Waals surface area contributed by atoms with Crippen LogP contribution >= 0.6 is 11.6 Å². The fourth-order valence-electron chi connectivity index (χ4n) is 2.17. The maximum atomic E-state index is 12.2. The average Bonchev–Trinajstić information content (AvgIpc) is 2.95. The number of halogens is 1. The summed E-state index contributed by atoms with van der Waals surface area (Å²) in [6.07, 6.45) is 3.20. The molecule has 0 aliphatic rings. The van der Waals surface area contributed by atoms with E-state index in [1.807, 2.05) is 6.92 Å². The normalized spacial score (nSPS) is 10.9. The number of carbonyl (C=O) groups excluding carboxylic acids is 1. The van der Waals surface area contributed by atoms with Crippen LogP contribution in [0, 0.1) is 5.21 Å². The lowest BCUT2D eigenvalue weighted by molar-refractivity contribution is -0.577. The molecule has 0 amide bonds. The predicted molar refractivity (Wildman–Crippen MR) is 87.8 cm³/mol. The maximum absolute atomic E-state index is 12.2. The first-order valence-corrected chi connectivity index (χ1v) is 7.59. The summed E-state index contributed by atoms with van der Waals surface area (Å²) in [4.78, 5) is 16.3. The molecule has 3 aromatic rings. The number of nitrogen functional groups attached to an aromatic ring is 1. The average molecular weight is 348 g/mol. The summed E-state index contributed by atoms with van der Waals surface area (Å²) in [7, 11) is 0. The van der Waals surface area contributed by atoms with Crippen molar-refractivity contribution in [1.82, 2.24) is 14.8 Å². The number of nitrogens with zero attached hydrogens (tertiary/aromatic N) is 4. The SMILES string of the molecule is CCCOC(=O)c1cnn(-c2c[n+]([O-])c3cc(Cl)ccc3n2)c1N. The van der Waals surface area contributed by atoms with Crippen LogP contribution < -0.4 is 10.5 Å². The van der Waals surface area contributed by atoms with Gasteiger partial charge in [0, 0.05) is 11.1 Å². The van der Waals surface area contributed by atoms with Crippen LogP contribution in [0.3, 0.4) is 0 Å². The fraction of sp³-hybridized carbons (Fsp3) is 0.200. The van der Waals surface area contributed by atoms with Gasteiger partial charge < -0.3 is 15.7 Å². The molecule has 0 aliphatic heterocycles. The van der Waals surface area contributed by atoms with Crippen LogP contribution in [0.25, 0.3) is 16.9 Å². The molecule has 0 atom stereocenters. The van der Waals surface area contributed by atoms with Crippen molar-refractivity contribution in [3.63, 3.8) is 0 Å². The molecule has 0 saturated heterocycles. The topological polar surface area (TPSA) is 110 Å². The van der Waals surface area contributed by atoms with Gasteiger partial charge in [-0.25, -0.2) is 9.78 Å². The lowest BCUT2D eigenvalue weighted by atomic mass is 10.3. The van der Waals surface area contributed by atoms with Gasteiger partial charge in [0.05, 0.1) is 12.8 Å². The van der Waals surface area contributed by atoms with E-state index in [9.17, 15) is 10.0 Å². The Morgan fingerprint density at radius 2 is 2.29 bits per heavy atom. The van der Waals surface area contributed by atoms with E-state index in [0.717, 1.165) is 0 Å². The van der Waals surface area contributed by atoms with E-state index in [4.69, 9.17) is 22.1 Å². The molecule has 3 rings (SSSR count). The lowest BCUT2D eigenvalue weighted by Crippen LogP contribution is -2.28. The lowest BCUT2D eigenvalue weighted by Gasteiger charge is -2.07. The van der Waals surface area contributed by atoms with E-state index in [1.54, 1.807) is 12.1 Å². The van der Waals surface area contributed by atoms with E-state index in [-0.39, 0.29) is 17.2 Å². The number of aromatic nitrogens is 4. The summed E-state index contributed by atoms with van der Waals surface area (Å²) in [6.45, 7) is 2.18. The van der Waals surface area contributed by atoms with Crippen LogP contribution in [0.1, 0.15) is 23.7 Å². The van der Waals surface area contributed by atoms with Crippen molar-refractivity contribution in [2.24, 2.45) is 0 Å². The zero-order chi connectivity index (χ0) is 17.3. The first kappa shape index (κ1) is 16.0. The Morgan fingerprint density at radius 3 is 3.04 bits per heavy atom. The molecule has 0 aliphatic carbocycles. The smallest absolute Gasteiger partial charge is 0.343 e. The minimum Gasteiger partial charge on any atom is -0.618 e. The van der Waals surface area contributed by atoms with Crippen LogP contribution in [0.15, 0.2) is 30.6 Å². The minimum atomic E-state index is -0.567. The number of hydrogen-bond acceptors (Lipinski definition) is 6. The summed E-state index contributed by atoms with van der Waals surface area (Å²) < 4.78 is 6.88. The third-order valence-electron chi connectivity index (χ3n) is 3.32. The van der Waals surface area contributed by atoms with E-state index in [1.165, 1.54) is 23.1 Å². The van der Waals surface area contributed by atoms with Gasteiger partial charge in [0.25, 0.3) is 0 Å². The van der Waals surface area contributed by atoms with Gasteiger partial charge in [-0.1, -0.05) is 18.5 Å². The number of nitrogens with two attached hydrogens (primary N) is 1. The number of fused-ring (bicyclic) bond motifs is 1. The molecule has 2 heterocycles. The van der Waals surface area contributed by atoms with E-state index < -0.39 is 5.97 Å². The second-order valence-corrected chi connectivity index (χ2v) is 5.49. The molecule has 0 unspecified atom stereocenters. The first-order chi connectivity index (χ1) is 11.5. The molecule has 24 heavy (non-hydrogen) atoms. The second kappa shape index (κ2) is 6.32. The largest absolute Gasteiger partial charge is 0.618 e. The van der Waals surface area contributed by atoms with E-state index in [0.29, 0.717) is 33.8 Å². The van der Waals surface area contributed by atoms with Crippen molar-refractivity contribution in [3.8, 4) is 5.82 Å². The van der Waals surface area contributed by atoms with Gasteiger partial charge in [-0.3, -0.25) is 0 Å². The molecule has 2 N–H and O–H groups in total. The Bertz CT molecular complexity index is 925. The molecule has 1 aromatic carbocycles. The van der Waals surface area contributed by atoms with Gasteiger partial charge in [-0.2, -0.15) is 14.5 Å². The summed E-state index contributed by atoms with van der Waals surface area (Å²) in [5, 5.41) is 16.6. The number of hydrogen-bond donors (Lipinski definition) is 1. The van der Waals surface area contributed by atoms with Crippen molar-refractivity contribution in [2.45, 2.75) is 13.3 Å². The molecule has 0 bridgehead atoms. The van der Waals surface area contributed by atoms with Crippen LogP contribution in [0.2, 0.25) is 5.02 Å². The molecule has 0 fully saturated rings. The standard InChI is InChI=1S/C15H14ClN5O3/c1-2-5-24-15(22)10-7-18-21(14(10)17)13-8-20(23)12-6-9(16)3-4-11(12)19-13/h3-4,6-8H,2,5,17H2,1H3. The molecule has 0 saturated carbocycles. The zero-order valence-electron chi connectivity index (χ0n) is 12.8. The molecule has 2 aromatic heterocycles. The highest BCUT2D eigenvalue weighted by Crippen LogP contribution is 2.19. The Kier molecular flexibility index (Phi) is 4.22. The third-order valence-corrected chi connectivity index (χ3v) is 3.56. The van der Waals surface area contributed by atoms with Crippen LogP contribution in [0.5, 0.6) is 0 Å². The molecule has 9 heteroatoms. The molecular formula is C15H14ClN5O3. The second-order valence-electron chi connectivity index (χ2n) is 5.05.